The molecule has 1 unspecified atom stereocenters. The molecule has 7 nitrogen and oxygen atoms in total. The number of aromatic amines is 1. The second-order valence-electron chi connectivity index (χ2n) is 8.45. The molecule has 5 rings (SSSR count). The Bertz CT molecular complexity index is 1270. The van der Waals surface area contributed by atoms with Crippen LogP contribution in [0.3, 0.4) is 0 Å². The Morgan fingerprint density at radius 2 is 2.09 bits per heavy atom. The largest absolute Gasteiger partial charge is 0.496 e. The molecule has 1 saturated heterocycles. The Balaban J connectivity index is 1.18. The number of ether oxygens (including phenoxy) is 1. The van der Waals surface area contributed by atoms with Gasteiger partial charge in [-0.2, -0.15) is 5.10 Å². The average molecular weight is 442 g/mol. The van der Waals surface area contributed by atoms with E-state index in [-0.39, 0.29) is 5.91 Å². The van der Waals surface area contributed by atoms with Gasteiger partial charge in [-0.05, 0) is 48.9 Å². The van der Waals surface area contributed by atoms with Crippen LogP contribution in [0.4, 0.5) is 0 Å². The van der Waals surface area contributed by atoms with E-state index in [1.807, 2.05) is 42.6 Å². The zero-order chi connectivity index (χ0) is 22.6. The predicted octanol–water partition coefficient (Wildman–Crippen LogP) is 3.89. The van der Waals surface area contributed by atoms with Crippen molar-refractivity contribution in [2.75, 3.05) is 20.2 Å². The number of hydrogen-bond donors (Lipinski definition) is 2. The van der Waals surface area contributed by atoms with Crippen LogP contribution in [-0.2, 0) is 13.1 Å². The molecule has 1 fully saturated rings. The summed E-state index contributed by atoms with van der Waals surface area (Å²) in [5, 5.41) is 11.5. The molecule has 0 radical (unpaired) electrons. The zero-order valence-corrected chi connectivity index (χ0v) is 18.6. The van der Waals surface area contributed by atoms with Crippen molar-refractivity contribution in [2.45, 2.75) is 25.4 Å². The number of rotatable bonds is 7. The number of fused-ring (bicyclic) bond motifs is 1. The second kappa shape index (κ2) is 9.42. The van der Waals surface area contributed by atoms with Gasteiger partial charge < -0.3 is 10.1 Å². The van der Waals surface area contributed by atoms with Crippen molar-refractivity contribution in [2.24, 2.45) is 0 Å². The first-order valence-corrected chi connectivity index (χ1v) is 11.2. The molecule has 2 N–H and O–H groups in total. The van der Waals surface area contributed by atoms with Crippen LogP contribution < -0.4 is 10.1 Å². The highest BCUT2D eigenvalue weighted by Gasteiger charge is 2.26. The summed E-state index contributed by atoms with van der Waals surface area (Å²) in [6, 6.07) is 20.1. The highest BCUT2D eigenvalue weighted by atomic mass is 16.5. The lowest BCUT2D eigenvalue weighted by Gasteiger charge is -2.16. The van der Waals surface area contributed by atoms with Crippen LogP contribution in [0.2, 0.25) is 0 Å². The molecule has 4 aromatic rings. The molecule has 33 heavy (non-hydrogen) atoms. The number of pyridine rings is 1. The fourth-order valence-corrected chi connectivity index (χ4v) is 4.49. The number of nitrogens with zero attached hydrogens (tertiary/aromatic N) is 3. The lowest BCUT2D eigenvalue weighted by atomic mass is 10.0. The third-order valence-electron chi connectivity index (χ3n) is 6.25. The number of para-hydroxylation sites is 1. The lowest BCUT2D eigenvalue weighted by molar-refractivity contribution is 0.0945. The van der Waals surface area contributed by atoms with Gasteiger partial charge >= 0.3 is 0 Å². The Kier molecular flexibility index (Phi) is 6.04. The summed E-state index contributed by atoms with van der Waals surface area (Å²) in [6.45, 7) is 3.25. The molecule has 7 heteroatoms. The van der Waals surface area contributed by atoms with Crippen molar-refractivity contribution in [1.29, 1.82) is 0 Å². The van der Waals surface area contributed by atoms with Gasteiger partial charge in [0.2, 0.25) is 0 Å². The molecule has 1 atom stereocenters. The Labute approximate surface area is 192 Å². The van der Waals surface area contributed by atoms with E-state index in [9.17, 15) is 4.79 Å². The van der Waals surface area contributed by atoms with Crippen molar-refractivity contribution in [3.8, 4) is 5.75 Å². The van der Waals surface area contributed by atoms with E-state index in [0.717, 1.165) is 48.6 Å². The minimum atomic E-state index is -0.192. The summed E-state index contributed by atoms with van der Waals surface area (Å²) >= 11 is 0. The van der Waals surface area contributed by atoms with E-state index in [1.54, 1.807) is 7.11 Å². The number of carbonyl (C=O) groups is 1. The van der Waals surface area contributed by atoms with Crippen LogP contribution in [0.5, 0.6) is 5.75 Å². The first kappa shape index (κ1) is 21.2. The number of hydrogen-bond acceptors (Lipinski definition) is 5. The molecule has 1 aliphatic rings. The molecule has 2 aromatic carbocycles. The summed E-state index contributed by atoms with van der Waals surface area (Å²) < 4.78 is 5.35. The number of methoxy groups -OCH3 is 1. The Hall–Kier alpha value is -3.71. The van der Waals surface area contributed by atoms with Gasteiger partial charge in [0.15, 0.2) is 0 Å². The molecular formula is C26H27N5O2. The number of aromatic nitrogens is 3. The third-order valence-corrected chi connectivity index (χ3v) is 6.25. The maximum atomic E-state index is 12.6. The summed E-state index contributed by atoms with van der Waals surface area (Å²) in [6.07, 6.45) is 2.87. The first-order valence-electron chi connectivity index (χ1n) is 11.2. The van der Waals surface area contributed by atoms with Crippen LogP contribution in [0.25, 0.3) is 10.9 Å². The van der Waals surface area contributed by atoms with Gasteiger partial charge in [-0.1, -0.05) is 30.3 Å². The highest BCUT2D eigenvalue weighted by Crippen LogP contribution is 2.28. The SMILES string of the molecule is COc1ccccc1CNC(=O)c1cc(C2CCN(Cc3ccc4ncccc4c3)C2)[nH]n1. The number of carbonyl (C=O) groups excluding carboxylic acids is 1. The number of amides is 1. The van der Waals surface area contributed by atoms with Crippen molar-refractivity contribution in [3.05, 3.63) is 89.4 Å². The van der Waals surface area contributed by atoms with Crippen molar-refractivity contribution in [3.63, 3.8) is 0 Å². The highest BCUT2D eigenvalue weighted by molar-refractivity contribution is 5.92. The van der Waals surface area contributed by atoms with Gasteiger partial charge in [0, 0.05) is 48.4 Å². The molecule has 0 bridgehead atoms. The van der Waals surface area contributed by atoms with E-state index in [1.165, 1.54) is 10.9 Å². The molecule has 3 heterocycles. The molecule has 1 amide bonds. The van der Waals surface area contributed by atoms with Crippen molar-refractivity contribution < 1.29 is 9.53 Å². The smallest absolute Gasteiger partial charge is 0.272 e. The third kappa shape index (κ3) is 4.73. The average Bonchev–Trinajstić information content (AvgIpc) is 3.52. The van der Waals surface area contributed by atoms with Crippen LogP contribution in [0, 0.1) is 0 Å². The molecule has 1 aliphatic heterocycles. The van der Waals surface area contributed by atoms with Crippen LogP contribution in [-0.4, -0.2) is 46.2 Å². The van der Waals surface area contributed by atoms with Gasteiger partial charge in [-0.15, -0.1) is 0 Å². The molecular weight excluding hydrogens is 414 g/mol. The monoisotopic (exact) mass is 441 g/mol. The Morgan fingerprint density at radius 1 is 1.18 bits per heavy atom. The Morgan fingerprint density at radius 3 is 3.00 bits per heavy atom. The zero-order valence-electron chi connectivity index (χ0n) is 18.6. The topological polar surface area (TPSA) is 83.1 Å². The fraction of sp³-hybridized carbons (Fsp3) is 0.269. The summed E-state index contributed by atoms with van der Waals surface area (Å²) in [4.78, 5) is 19.5. The minimum Gasteiger partial charge on any atom is -0.496 e. The predicted molar refractivity (Wildman–Crippen MR) is 127 cm³/mol. The second-order valence-corrected chi connectivity index (χ2v) is 8.45. The van der Waals surface area contributed by atoms with Crippen molar-refractivity contribution >= 4 is 16.8 Å². The number of H-pyrrole nitrogens is 1. The van der Waals surface area contributed by atoms with E-state index < -0.39 is 0 Å². The van der Waals surface area contributed by atoms with Gasteiger partial charge in [0.1, 0.15) is 11.4 Å². The van der Waals surface area contributed by atoms with Gasteiger partial charge in [-0.3, -0.25) is 19.8 Å². The number of benzene rings is 2. The molecule has 168 valence electrons. The molecule has 0 spiro atoms. The maximum absolute atomic E-state index is 12.6. The van der Waals surface area contributed by atoms with E-state index in [4.69, 9.17) is 4.74 Å². The number of likely N-dealkylation sites (tertiary alicyclic amines) is 1. The standard InChI is InChI=1S/C26H27N5O2/c1-33-25-7-3-2-5-20(25)15-28-26(32)24-14-23(29-30-24)21-10-12-31(17-21)16-18-8-9-22-19(13-18)6-4-11-27-22/h2-9,11,13-14,21H,10,12,15-17H2,1H3,(H,28,32)(H,29,30). The van der Waals surface area contributed by atoms with Crippen LogP contribution >= 0.6 is 0 Å². The summed E-state index contributed by atoms with van der Waals surface area (Å²) in [5.74, 6) is 0.910. The van der Waals surface area contributed by atoms with Crippen LogP contribution in [0.1, 0.15) is 39.6 Å². The first-order chi connectivity index (χ1) is 16.2. The van der Waals surface area contributed by atoms with Gasteiger partial charge in [0.25, 0.3) is 5.91 Å². The summed E-state index contributed by atoms with van der Waals surface area (Å²) in [7, 11) is 1.63. The lowest BCUT2D eigenvalue weighted by Crippen LogP contribution is -2.23. The molecule has 0 aliphatic carbocycles. The van der Waals surface area contributed by atoms with Crippen molar-refractivity contribution in [1.82, 2.24) is 25.4 Å². The van der Waals surface area contributed by atoms with Gasteiger partial charge in [0.05, 0.1) is 12.6 Å². The quantitative estimate of drug-likeness (QED) is 0.455. The van der Waals surface area contributed by atoms with Crippen LogP contribution in [0.15, 0.2) is 66.9 Å². The normalized spacial score (nSPS) is 16.2. The van der Waals surface area contributed by atoms with E-state index in [2.05, 4.69) is 49.7 Å². The summed E-state index contributed by atoms with van der Waals surface area (Å²) in [5.41, 5.74) is 4.68. The molecule has 0 saturated carbocycles. The van der Waals surface area contributed by atoms with Gasteiger partial charge in [-0.25, -0.2) is 0 Å². The minimum absolute atomic E-state index is 0.192. The van der Waals surface area contributed by atoms with E-state index in [0.29, 0.717) is 18.2 Å². The fourth-order valence-electron chi connectivity index (χ4n) is 4.49. The van der Waals surface area contributed by atoms with E-state index >= 15 is 0 Å². The molecule has 2 aromatic heterocycles. The number of nitrogens with one attached hydrogen (secondary N) is 2. The maximum Gasteiger partial charge on any atom is 0.272 e.